The maximum Gasteiger partial charge on any atom is 0.256 e. The molecule has 1 amide bonds. The molecule has 1 heterocycles. The van der Waals surface area contributed by atoms with Crippen molar-refractivity contribution in [1.82, 2.24) is 0 Å². The van der Waals surface area contributed by atoms with Crippen molar-refractivity contribution in [3.8, 4) is 6.07 Å². The summed E-state index contributed by atoms with van der Waals surface area (Å²) in [6, 6.07) is 10.00. The van der Waals surface area contributed by atoms with Crippen LogP contribution in [-0.2, 0) is 12.8 Å². The number of fused-ring (bicyclic) bond motifs is 1. The van der Waals surface area contributed by atoms with Gasteiger partial charge in [0.1, 0.15) is 11.1 Å². The van der Waals surface area contributed by atoms with E-state index in [1.54, 1.807) is 23.1 Å². The number of hydrogen-bond acceptors (Lipinski definition) is 4. The molecule has 2 aromatic rings. The van der Waals surface area contributed by atoms with E-state index in [0.717, 1.165) is 29.7 Å². The van der Waals surface area contributed by atoms with Crippen LogP contribution in [0.1, 0.15) is 59.5 Å². The molecule has 3 rings (SSSR count). The number of benzene rings is 1. The van der Waals surface area contributed by atoms with Crippen molar-refractivity contribution in [3.63, 3.8) is 0 Å². The molecule has 0 atom stereocenters. The van der Waals surface area contributed by atoms with Crippen molar-refractivity contribution in [2.75, 3.05) is 5.32 Å². The van der Waals surface area contributed by atoms with Crippen LogP contribution in [0.2, 0.25) is 0 Å². The Labute approximate surface area is 157 Å². The number of amides is 1. The van der Waals surface area contributed by atoms with Gasteiger partial charge in [-0.3, -0.25) is 4.79 Å². The van der Waals surface area contributed by atoms with E-state index in [9.17, 15) is 10.1 Å². The molecule has 25 heavy (non-hydrogen) atoms. The van der Waals surface area contributed by atoms with Gasteiger partial charge in [-0.1, -0.05) is 26.3 Å². The lowest BCUT2D eigenvalue weighted by Gasteiger charge is -2.08. The van der Waals surface area contributed by atoms with Crippen LogP contribution in [0.4, 0.5) is 5.00 Å². The minimum atomic E-state index is -0.140. The highest BCUT2D eigenvalue weighted by Gasteiger charge is 2.21. The lowest BCUT2D eigenvalue weighted by Crippen LogP contribution is -2.12. The number of hydrogen-bond donors (Lipinski definition) is 1. The first-order chi connectivity index (χ1) is 12.1. The Morgan fingerprint density at radius 1 is 1.28 bits per heavy atom. The Morgan fingerprint density at radius 2 is 2.08 bits per heavy atom. The maximum atomic E-state index is 12.7. The summed E-state index contributed by atoms with van der Waals surface area (Å²) in [6.45, 7) is 4.27. The molecule has 1 N–H and O–H groups in total. The van der Waals surface area contributed by atoms with Crippen LogP contribution in [-0.4, -0.2) is 11.2 Å². The molecular formula is C20H22N2OS2. The molecule has 1 aromatic carbocycles. The normalized spacial score (nSPS) is 13.8. The Kier molecular flexibility index (Phi) is 5.82. The molecule has 0 aliphatic heterocycles. The van der Waals surface area contributed by atoms with E-state index in [4.69, 9.17) is 0 Å². The van der Waals surface area contributed by atoms with Gasteiger partial charge in [0.15, 0.2) is 0 Å². The summed E-state index contributed by atoms with van der Waals surface area (Å²) < 4.78 is 0. The van der Waals surface area contributed by atoms with Gasteiger partial charge in [0, 0.05) is 20.6 Å². The van der Waals surface area contributed by atoms with Crippen LogP contribution in [0.5, 0.6) is 0 Å². The highest BCUT2D eigenvalue weighted by molar-refractivity contribution is 7.99. The molecule has 1 aliphatic carbocycles. The second-order valence-corrected chi connectivity index (χ2v) is 9.28. The molecule has 5 heteroatoms. The zero-order valence-electron chi connectivity index (χ0n) is 14.6. The first-order valence-electron chi connectivity index (χ1n) is 8.71. The molecule has 130 valence electrons. The molecule has 0 saturated heterocycles. The quantitative estimate of drug-likeness (QED) is 0.559. The van der Waals surface area contributed by atoms with Crippen molar-refractivity contribution in [2.24, 2.45) is 0 Å². The monoisotopic (exact) mass is 370 g/mol. The fraction of sp³-hybridized carbons (Fsp3) is 0.400. The molecule has 1 aromatic heterocycles. The number of nitrogens with one attached hydrogen (secondary N) is 1. The van der Waals surface area contributed by atoms with Crippen molar-refractivity contribution >= 4 is 34.0 Å². The van der Waals surface area contributed by atoms with E-state index in [1.165, 1.54) is 17.7 Å². The van der Waals surface area contributed by atoms with E-state index >= 15 is 0 Å². The minimum absolute atomic E-state index is 0.140. The van der Waals surface area contributed by atoms with Gasteiger partial charge < -0.3 is 5.32 Å². The Bertz CT molecular complexity index is 818. The zero-order chi connectivity index (χ0) is 17.8. The molecule has 3 nitrogen and oxygen atoms in total. The molecule has 0 bridgehead atoms. The third-order valence-electron chi connectivity index (χ3n) is 4.23. The number of carbonyl (C=O) groups excluding carboxylic acids is 1. The van der Waals surface area contributed by atoms with Gasteiger partial charge in [0.25, 0.3) is 5.91 Å². The maximum absolute atomic E-state index is 12.7. The number of thioether (sulfide) groups is 1. The topological polar surface area (TPSA) is 52.9 Å². The van der Waals surface area contributed by atoms with E-state index < -0.39 is 0 Å². The average Bonchev–Trinajstić information content (AvgIpc) is 2.74. The summed E-state index contributed by atoms with van der Waals surface area (Å²) in [5, 5.41) is 13.7. The van der Waals surface area contributed by atoms with E-state index in [2.05, 4.69) is 25.2 Å². The predicted octanol–water partition coefficient (Wildman–Crippen LogP) is 5.64. The van der Waals surface area contributed by atoms with Gasteiger partial charge in [-0.2, -0.15) is 5.26 Å². The Balaban J connectivity index is 1.83. The van der Waals surface area contributed by atoms with Crippen LogP contribution in [0.15, 0.2) is 29.2 Å². The van der Waals surface area contributed by atoms with Crippen LogP contribution in [0.3, 0.4) is 0 Å². The van der Waals surface area contributed by atoms with E-state index in [1.807, 2.05) is 24.3 Å². The van der Waals surface area contributed by atoms with Gasteiger partial charge in [-0.05, 0) is 49.4 Å². The standard InChI is InChI=1S/C20H22N2OS2/c1-13(2)24-15-8-6-7-14(11-15)19(23)22-20-17(12-21)16-9-4-3-5-10-18(16)25-20/h6-8,11,13H,3-5,9-10H2,1-2H3,(H,22,23). The second kappa shape index (κ2) is 8.07. The molecule has 0 spiro atoms. The fourth-order valence-electron chi connectivity index (χ4n) is 3.11. The van der Waals surface area contributed by atoms with Crippen molar-refractivity contribution in [2.45, 2.75) is 56.1 Å². The number of anilines is 1. The number of rotatable bonds is 4. The van der Waals surface area contributed by atoms with Crippen molar-refractivity contribution in [3.05, 3.63) is 45.8 Å². The van der Waals surface area contributed by atoms with Gasteiger partial charge in [0.2, 0.25) is 0 Å². The summed E-state index contributed by atoms with van der Waals surface area (Å²) in [5.74, 6) is -0.140. The number of carbonyl (C=O) groups is 1. The zero-order valence-corrected chi connectivity index (χ0v) is 16.2. The molecule has 0 fully saturated rings. The van der Waals surface area contributed by atoms with Gasteiger partial charge in [-0.15, -0.1) is 23.1 Å². The Hall–Kier alpha value is -1.77. The molecule has 0 radical (unpaired) electrons. The first-order valence-corrected chi connectivity index (χ1v) is 10.4. The lowest BCUT2D eigenvalue weighted by molar-refractivity contribution is 0.102. The number of aryl methyl sites for hydroxylation is 1. The van der Waals surface area contributed by atoms with E-state index in [-0.39, 0.29) is 5.91 Å². The summed E-state index contributed by atoms with van der Waals surface area (Å²) in [4.78, 5) is 15.0. The fourth-order valence-corrected chi connectivity index (χ4v) is 5.24. The largest absolute Gasteiger partial charge is 0.312 e. The van der Waals surface area contributed by atoms with Gasteiger partial charge >= 0.3 is 0 Å². The summed E-state index contributed by atoms with van der Waals surface area (Å²) >= 11 is 3.32. The van der Waals surface area contributed by atoms with Crippen LogP contribution in [0.25, 0.3) is 0 Å². The van der Waals surface area contributed by atoms with E-state index in [0.29, 0.717) is 21.4 Å². The molecular weight excluding hydrogens is 348 g/mol. The summed E-state index contributed by atoms with van der Waals surface area (Å²) in [6.07, 6.45) is 5.48. The minimum Gasteiger partial charge on any atom is -0.312 e. The first kappa shape index (κ1) is 18.0. The Morgan fingerprint density at radius 3 is 2.84 bits per heavy atom. The highest BCUT2D eigenvalue weighted by atomic mass is 32.2. The number of thiophene rings is 1. The predicted molar refractivity (Wildman–Crippen MR) is 106 cm³/mol. The SMILES string of the molecule is CC(C)Sc1cccc(C(=O)Nc2sc3c(c2C#N)CCCCC3)c1. The van der Waals surface area contributed by atoms with Crippen molar-refractivity contribution < 1.29 is 4.79 Å². The second-order valence-electron chi connectivity index (χ2n) is 6.53. The highest BCUT2D eigenvalue weighted by Crippen LogP contribution is 2.37. The third kappa shape index (κ3) is 4.26. The smallest absolute Gasteiger partial charge is 0.256 e. The lowest BCUT2D eigenvalue weighted by atomic mass is 10.1. The molecule has 1 aliphatic rings. The number of nitriles is 1. The third-order valence-corrected chi connectivity index (χ3v) is 6.43. The van der Waals surface area contributed by atoms with Gasteiger partial charge in [0.05, 0.1) is 5.56 Å². The van der Waals surface area contributed by atoms with Crippen molar-refractivity contribution in [1.29, 1.82) is 5.26 Å². The van der Waals surface area contributed by atoms with Gasteiger partial charge in [-0.25, -0.2) is 0 Å². The summed E-state index contributed by atoms with van der Waals surface area (Å²) in [7, 11) is 0. The van der Waals surface area contributed by atoms with Crippen LogP contribution >= 0.6 is 23.1 Å². The number of nitrogens with zero attached hydrogens (tertiary/aromatic N) is 1. The molecule has 0 unspecified atom stereocenters. The molecule has 0 saturated carbocycles. The van der Waals surface area contributed by atoms with Crippen LogP contribution in [0, 0.1) is 11.3 Å². The van der Waals surface area contributed by atoms with Crippen LogP contribution < -0.4 is 5.32 Å². The average molecular weight is 371 g/mol. The summed E-state index contributed by atoms with van der Waals surface area (Å²) in [5.41, 5.74) is 2.46.